The standard InChI is InChI=1S/C28H30N2/c1-23-14-16-24(17-15-23)18-20-30-19-8-13-27(21-30)28(22-29,25-9-4-2-5-10-25)26-11-6-3-7-12-26/h2-7,9-12,14-17,27H,8,13,18-21H2,1H3/t27-/m0/s1. The van der Waals surface area contributed by atoms with Crippen molar-refractivity contribution in [1.82, 2.24) is 4.90 Å². The van der Waals surface area contributed by atoms with E-state index in [9.17, 15) is 5.26 Å². The molecular formula is C28H30N2. The Labute approximate surface area is 180 Å². The smallest absolute Gasteiger partial charge is 0.111 e. The number of aryl methyl sites for hydroxylation is 1. The molecule has 30 heavy (non-hydrogen) atoms. The molecule has 2 nitrogen and oxygen atoms in total. The zero-order valence-electron chi connectivity index (χ0n) is 17.8. The van der Waals surface area contributed by atoms with Gasteiger partial charge in [-0.25, -0.2) is 0 Å². The average molecular weight is 395 g/mol. The van der Waals surface area contributed by atoms with Gasteiger partial charge in [0.2, 0.25) is 0 Å². The summed E-state index contributed by atoms with van der Waals surface area (Å²) in [6, 6.07) is 32.5. The molecular weight excluding hydrogens is 364 g/mol. The summed E-state index contributed by atoms with van der Waals surface area (Å²) in [4.78, 5) is 2.56. The van der Waals surface area contributed by atoms with Gasteiger partial charge < -0.3 is 4.90 Å². The summed E-state index contributed by atoms with van der Waals surface area (Å²) in [7, 11) is 0. The minimum Gasteiger partial charge on any atom is -0.303 e. The number of nitriles is 1. The SMILES string of the molecule is Cc1ccc(CCN2CCC[C@H](C(C#N)(c3ccccc3)c3ccccc3)C2)cc1. The first kappa shape index (κ1) is 20.4. The Balaban J connectivity index is 1.59. The lowest BCUT2D eigenvalue weighted by molar-refractivity contribution is 0.148. The third kappa shape index (κ3) is 4.18. The monoisotopic (exact) mass is 394 g/mol. The summed E-state index contributed by atoms with van der Waals surface area (Å²) in [6.45, 7) is 5.26. The first-order chi connectivity index (χ1) is 14.7. The second kappa shape index (κ2) is 9.28. The molecule has 0 radical (unpaired) electrons. The van der Waals surface area contributed by atoms with Crippen LogP contribution in [0.15, 0.2) is 84.9 Å². The van der Waals surface area contributed by atoms with Crippen molar-refractivity contribution >= 4 is 0 Å². The van der Waals surface area contributed by atoms with Crippen LogP contribution >= 0.6 is 0 Å². The van der Waals surface area contributed by atoms with E-state index in [4.69, 9.17) is 0 Å². The normalized spacial score (nSPS) is 17.4. The van der Waals surface area contributed by atoms with Crippen LogP contribution in [-0.4, -0.2) is 24.5 Å². The van der Waals surface area contributed by atoms with E-state index in [2.05, 4.69) is 90.7 Å². The second-order valence-corrected chi connectivity index (χ2v) is 8.53. The zero-order valence-corrected chi connectivity index (χ0v) is 17.8. The first-order valence-electron chi connectivity index (χ1n) is 11.0. The van der Waals surface area contributed by atoms with Crippen LogP contribution in [0.2, 0.25) is 0 Å². The van der Waals surface area contributed by atoms with Crippen LogP contribution in [0.1, 0.15) is 35.1 Å². The molecule has 1 aliphatic rings. The van der Waals surface area contributed by atoms with Crippen LogP contribution in [0.3, 0.4) is 0 Å². The predicted octanol–water partition coefficient (Wildman–Crippen LogP) is 5.76. The molecule has 0 saturated carbocycles. The summed E-state index contributed by atoms with van der Waals surface area (Å²) in [5.41, 5.74) is 4.32. The van der Waals surface area contributed by atoms with Crippen molar-refractivity contribution in [2.75, 3.05) is 19.6 Å². The second-order valence-electron chi connectivity index (χ2n) is 8.53. The van der Waals surface area contributed by atoms with E-state index >= 15 is 0 Å². The van der Waals surface area contributed by atoms with Crippen LogP contribution in [-0.2, 0) is 11.8 Å². The maximum absolute atomic E-state index is 10.6. The number of rotatable bonds is 6. The fourth-order valence-corrected chi connectivity index (χ4v) is 4.91. The molecule has 1 heterocycles. The molecule has 0 N–H and O–H groups in total. The van der Waals surface area contributed by atoms with Gasteiger partial charge in [0.15, 0.2) is 0 Å². The van der Waals surface area contributed by atoms with E-state index in [0.717, 1.165) is 50.0 Å². The molecule has 0 aliphatic carbocycles. The highest BCUT2D eigenvalue weighted by molar-refractivity contribution is 5.47. The summed E-state index contributed by atoms with van der Waals surface area (Å²) in [5.74, 6) is 0.277. The van der Waals surface area contributed by atoms with Gasteiger partial charge in [-0.2, -0.15) is 5.26 Å². The van der Waals surface area contributed by atoms with Crippen molar-refractivity contribution in [1.29, 1.82) is 5.26 Å². The van der Waals surface area contributed by atoms with Crippen LogP contribution in [0.4, 0.5) is 0 Å². The number of benzene rings is 3. The maximum Gasteiger partial charge on any atom is 0.111 e. The third-order valence-electron chi connectivity index (χ3n) is 6.59. The van der Waals surface area contributed by atoms with Crippen LogP contribution in [0.25, 0.3) is 0 Å². The highest BCUT2D eigenvalue weighted by Gasteiger charge is 2.44. The highest BCUT2D eigenvalue weighted by atomic mass is 15.1. The largest absolute Gasteiger partial charge is 0.303 e. The Hall–Kier alpha value is -2.89. The first-order valence-corrected chi connectivity index (χ1v) is 11.0. The van der Waals surface area contributed by atoms with Crippen molar-refractivity contribution in [3.8, 4) is 6.07 Å². The van der Waals surface area contributed by atoms with Crippen LogP contribution < -0.4 is 0 Å². The molecule has 4 rings (SSSR count). The lowest BCUT2D eigenvalue weighted by Gasteiger charge is -2.42. The van der Waals surface area contributed by atoms with Crippen molar-refractivity contribution in [3.63, 3.8) is 0 Å². The van der Waals surface area contributed by atoms with Gasteiger partial charge >= 0.3 is 0 Å². The number of nitrogens with zero attached hydrogens (tertiary/aromatic N) is 2. The molecule has 0 bridgehead atoms. The van der Waals surface area contributed by atoms with Gasteiger partial charge in [0, 0.05) is 13.1 Å². The Bertz CT molecular complexity index is 931. The molecule has 152 valence electrons. The van der Waals surface area contributed by atoms with E-state index in [1.165, 1.54) is 11.1 Å². The molecule has 1 atom stereocenters. The molecule has 3 aromatic carbocycles. The van der Waals surface area contributed by atoms with Crippen molar-refractivity contribution in [3.05, 3.63) is 107 Å². The number of hydrogen-bond donors (Lipinski definition) is 0. The summed E-state index contributed by atoms with van der Waals surface area (Å²) >= 11 is 0. The molecule has 0 unspecified atom stereocenters. The molecule has 0 aromatic heterocycles. The summed E-state index contributed by atoms with van der Waals surface area (Å²) < 4.78 is 0. The van der Waals surface area contributed by atoms with E-state index in [1.807, 2.05) is 12.1 Å². The van der Waals surface area contributed by atoms with Crippen LogP contribution in [0, 0.1) is 24.2 Å². The Kier molecular flexibility index (Phi) is 6.31. The third-order valence-corrected chi connectivity index (χ3v) is 6.59. The lowest BCUT2D eigenvalue weighted by atomic mass is 9.64. The van der Waals surface area contributed by atoms with Crippen LogP contribution in [0.5, 0.6) is 0 Å². The molecule has 0 spiro atoms. The molecule has 1 aliphatic heterocycles. The Morgan fingerprint density at radius 2 is 1.50 bits per heavy atom. The van der Waals surface area contributed by atoms with Gasteiger partial charge in [-0.05, 0) is 55.3 Å². The van der Waals surface area contributed by atoms with Gasteiger partial charge in [0.05, 0.1) is 6.07 Å². The summed E-state index contributed by atoms with van der Waals surface area (Å²) in [6.07, 6.45) is 3.28. The van der Waals surface area contributed by atoms with Crippen molar-refractivity contribution < 1.29 is 0 Å². The highest BCUT2D eigenvalue weighted by Crippen LogP contribution is 2.42. The minimum absolute atomic E-state index is 0.277. The molecule has 1 saturated heterocycles. The lowest BCUT2D eigenvalue weighted by Crippen LogP contribution is -2.46. The van der Waals surface area contributed by atoms with E-state index in [-0.39, 0.29) is 5.92 Å². The fourth-order valence-electron chi connectivity index (χ4n) is 4.91. The summed E-state index contributed by atoms with van der Waals surface area (Å²) in [5, 5.41) is 10.6. The van der Waals surface area contributed by atoms with Gasteiger partial charge in [-0.3, -0.25) is 0 Å². The van der Waals surface area contributed by atoms with E-state index in [0.29, 0.717) is 0 Å². The zero-order chi connectivity index (χ0) is 20.8. The number of hydrogen-bond acceptors (Lipinski definition) is 2. The molecule has 0 amide bonds. The molecule has 2 heteroatoms. The van der Waals surface area contributed by atoms with Gasteiger partial charge in [-0.15, -0.1) is 0 Å². The Morgan fingerprint density at radius 3 is 2.07 bits per heavy atom. The molecule has 1 fully saturated rings. The number of piperidine rings is 1. The van der Waals surface area contributed by atoms with Gasteiger partial charge in [0.1, 0.15) is 5.41 Å². The van der Waals surface area contributed by atoms with Gasteiger partial charge in [0.25, 0.3) is 0 Å². The maximum atomic E-state index is 10.6. The fraction of sp³-hybridized carbons (Fsp3) is 0.321. The average Bonchev–Trinajstić information content (AvgIpc) is 2.81. The van der Waals surface area contributed by atoms with Gasteiger partial charge in [-0.1, -0.05) is 90.5 Å². The van der Waals surface area contributed by atoms with Crippen molar-refractivity contribution in [2.24, 2.45) is 5.92 Å². The van der Waals surface area contributed by atoms with Crippen molar-refractivity contribution in [2.45, 2.75) is 31.6 Å². The molecule has 3 aromatic rings. The number of likely N-dealkylation sites (tertiary alicyclic amines) is 1. The Morgan fingerprint density at radius 1 is 0.900 bits per heavy atom. The topological polar surface area (TPSA) is 27.0 Å². The minimum atomic E-state index is -0.606. The van der Waals surface area contributed by atoms with E-state index < -0.39 is 5.41 Å². The quantitative estimate of drug-likeness (QED) is 0.531. The van der Waals surface area contributed by atoms with E-state index in [1.54, 1.807) is 0 Å². The predicted molar refractivity (Wildman–Crippen MR) is 123 cm³/mol.